The van der Waals surface area contributed by atoms with Crippen LogP contribution in [0.2, 0.25) is 0 Å². The molecule has 1 aliphatic heterocycles. The monoisotopic (exact) mass is 349 g/mol. The van der Waals surface area contributed by atoms with E-state index in [1.54, 1.807) is 0 Å². The predicted octanol–water partition coefficient (Wildman–Crippen LogP) is 1.41. The molecule has 1 aromatic rings. The first-order valence-electron chi connectivity index (χ1n) is 6.58. The van der Waals surface area contributed by atoms with Gasteiger partial charge in [-0.15, -0.1) is 0 Å². The molecule has 1 aromatic heterocycles. The third-order valence-electron chi connectivity index (χ3n) is 3.63. The molecule has 0 spiro atoms. The Morgan fingerprint density at radius 1 is 1.53 bits per heavy atom. The third-order valence-corrected chi connectivity index (χ3v) is 6.82. The van der Waals surface area contributed by atoms with E-state index < -0.39 is 9.84 Å². The van der Waals surface area contributed by atoms with Crippen LogP contribution in [0, 0.1) is 0 Å². The lowest BCUT2D eigenvalue weighted by molar-refractivity contribution is 0.565. The highest BCUT2D eigenvalue weighted by Crippen LogP contribution is 2.22. The summed E-state index contributed by atoms with van der Waals surface area (Å²) in [5.74, 6) is 0.342. The summed E-state index contributed by atoms with van der Waals surface area (Å²) in [5, 5.41) is 7.45. The van der Waals surface area contributed by atoms with Gasteiger partial charge in [-0.05, 0) is 35.2 Å². The molecule has 0 aromatic carbocycles. The topological polar surface area (TPSA) is 64.0 Å². The quantitative estimate of drug-likeness (QED) is 0.872. The van der Waals surface area contributed by atoms with Gasteiger partial charge >= 0.3 is 0 Å². The standard InChI is InChI=1S/C12H20BrN3O2S/c1-3-10-12(13)11(16(2)15-10)8-14-7-9-5-4-6-19(9,17)18/h9,14H,3-8H2,1-2H3. The van der Waals surface area contributed by atoms with E-state index in [9.17, 15) is 8.42 Å². The van der Waals surface area contributed by atoms with E-state index in [-0.39, 0.29) is 5.25 Å². The van der Waals surface area contributed by atoms with Crippen molar-refractivity contribution in [1.29, 1.82) is 0 Å². The number of hydrogen-bond donors (Lipinski definition) is 1. The number of nitrogens with one attached hydrogen (secondary N) is 1. The molecule has 0 amide bonds. The number of hydrogen-bond acceptors (Lipinski definition) is 4. The van der Waals surface area contributed by atoms with Gasteiger partial charge in [-0.25, -0.2) is 8.42 Å². The van der Waals surface area contributed by atoms with Gasteiger partial charge in [0.05, 0.1) is 26.9 Å². The Bertz CT molecular complexity index is 554. The second-order valence-corrected chi connectivity index (χ2v) is 8.14. The van der Waals surface area contributed by atoms with Crippen LogP contribution in [0.25, 0.3) is 0 Å². The Morgan fingerprint density at radius 2 is 2.26 bits per heavy atom. The van der Waals surface area contributed by atoms with Crippen molar-refractivity contribution in [3.05, 3.63) is 15.9 Å². The highest BCUT2D eigenvalue weighted by atomic mass is 79.9. The van der Waals surface area contributed by atoms with Gasteiger partial charge in [0.1, 0.15) is 0 Å². The number of nitrogens with zero attached hydrogens (tertiary/aromatic N) is 2. The SMILES string of the molecule is CCc1nn(C)c(CNCC2CCCS2(=O)=O)c1Br. The van der Waals surface area contributed by atoms with Gasteiger partial charge in [0.15, 0.2) is 9.84 Å². The lowest BCUT2D eigenvalue weighted by Crippen LogP contribution is -2.30. The first-order chi connectivity index (χ1) is 8.95. The van der Waals surface area contributed by atoms with Gasteiger partial charge in [-0.3, -0.25) is 4.68 Å². The lowest BCUT2D eigenvalue weighted by atomic mass is 10.2. The van der Waals surface area contributed by atoms with Crippen molar-refractivity contribution < 1.29 is 8.42 Å². The molecular weight excluding hydrogens is 330 g/mol. The van der Waals surface area contributed by atoms with Crippen LogP contribution in [0.1, 0.15) is 31.2 Å². The second-order valence-electron chi connectivity index (χ2n) is 4.95. The summed E-state index contributed by atoms with van der Waals surface area (Å²) in [6.07, 6.45) is 2.46. The predicted molar refractivity (Wildman–Crippen MR) is 78.8 cm³/mol. The first kappa shape index (κ1) is 15.0. The van der Waals surface area contributed by atoms with Crippen LogP contribution in [0.3, 0.4) is 0 Å². The molecule has 2 heterocycles. The molecule has 1 fully saturated rings. The minimum atomic E-state index is -2.86. The van der Waals surface area contributed by atoms with Crippen LogP contribution >= 0.6 is 15.9 Å². The average molecular weight is 350 g/mol. The largest absolute Gasteiger partial charge is 0.310 e. The molecule has 7 heteroatoms. The molecule has 2 rings (SSSR count). The fourth-order valence-corrected chi connectivity index (χ4v) is 5.01. The summed E-state index contributed by atoms with van der Waals surface area (Å²) in [5.41, 5.74) is 2.10. The van der Waals surface area contributed by atoms with Crippen molar-refractivity contribution in [2.75, 3.05) is 12.3 Å². The first-order valence-corrected chi connectivity index (χ1v) is 9.09. The lowest BCUT2D eigenvalue weighted by Gasteiger charge is -2.11. The van der Waals surface area contributed by atoms with Gasteiger partial charge in [0, 0.05) is 20.1 Å². The molecule has 1 aliphatic rings. The maximum atomic E-state index is 11.7. The smallest absolute Gasteiger partial charge is 0.154 e. The van der Waals surface area contributed by atoms with Gasteiger partial charge in [0.25, 0.3) is 0 Å². The number of aromatic nitrogens is 2. The molecule has 0 aliphatic carbocycles. The molecule has 0 saturated carbocycles. The number of halogens is 1. The van der Waals surface area contributed by atoms with E-state index in [1.807, 2.05) is 11.7 Å². The Kier molecular flexibility index (Phi) is 4.68. The number of sulfone groups is 1. The van der Waals surface area contributed by atoms with Crippen LogP contribution in [-0.4, -0.2) is 35.7 Å². The zero-order valence-corrected chi connectivity index (χ0v) is 13.7. The van der Waals surface area contributed by atoms with E-state index in [0.717, 1.165) is 35.1 Å². The maximum absolute atomic E-state index is 11.7. The normalized spacial score (nSPS) is 21.9. The summed E-state index contributed by atoms with van der Waals surface area (Å²) in [7, 11) is -0.948. The Hall–Kier alpha value is -0.400. The minimum absolute atomic E-state index is 0.217. The molecule has 0 bridgehead atoms. The summed E-state index contributed by atoms with van der Waals surface area (Å²) in [6.45, 7) is 3.23. The number of rotatable bonds is 5. The summed E-state index contributed by atoms with van der Waals surface area (Å²) >= 11 is 3.56. The molecule has 1 unspecified atom stereocenters. The molecule has 108 valence electrons. The molecule has 1 N–H and O–H groups in total. The van der Waals surface area contributed by atoms with Crippen molar-refractivity contribution in [1.82, 2.24) is 15.1 Å². The molecule has 1 saturated heterocycles. The van der Waals surface area contributed by atoms with Crippen LogP contribution in [0.15, 0.2) is 4.47 Å². The van der Waals surface area contributed by atoms with E-state index in [1.165, 1.54) is 0 Å². The van der Waals surface area contributed by atoms with Gasteiger partial charge in [0.2, 0.25) is 0 Å². The zero-order valence-electron chi connectivity index (χ0n) is 11.3. The summed E-state index contributed by atoms with van der Waals surface area (Å²) in [4.78, 5) is 0. The zero-order chi connectivity index (χ0) is 14.0. The molecule has 1 atom stereocenters. The van der Waals surface area contributed by atoms with Crippen LogP contribution in [0.4, 0.5) is 0 Å². The third kappa shape index (κ3) is 3.20. The van der Waals surface area contributed by atoms with Crippen LogP contribution < -0.4 is 5.32 Å². The summed E-state index contributed by atoms with van der Waals surface area (Å²) < 4.78 is 26.3. The highest BCUT2D eigenvalue weighted by Gasteiger charge is 2.30. The van der Waals surface area contributed by atoms with Crippen molar-refractivity contribution in [3.8, 4) is 0 Å². The van der Waals surface area contributed by atoms with E-state index in [2.05, 4.69) is 33.3 Å². The van der Waals surface area contributed by atoms with Crippen molar-refractivity contribution >= 4 is 25.8 Å². The highest BCUT2D eigenvalue weighted by molar-refractivity contribution is 9.10. The molecule has 19 heavy (non-hydrogen) atoms. The van der Waals surface area contributed by atoms with Crippen LogP contribution in [-0.2, 0) is 29.9 Å². The van der Waals surface area contributed by atoms with E-state index in [0.29, 0.717) is 18.8 Å². The van der Waals surface area contributed by atoms with Crippen molar-refractivity contribution in [3.63, 3.8) is 0 Å². The average Bonchev–Trinajstić information content (AvgIpc) is 2.82. The molecule has 5 nitrogen and oxygen atoms in total. The van der Waals surface area contributed by atoms with E-state index >= 15 is 0 Å². The Balaban J connectivity index is 1.95. The van der Waals surface area contributed by atoms with Gasteiger partial charge < -0.3 is 5.32 Å². The summed E-state index contributed by atoms with van der Waals surface area (Å²) in [6, 6.07) is 0. The Morgan fingerprint density at radius 3 is 2.79 bits per heavy atom. The fourth-order valence-electron chi connectivity index (χ4n) is 2.45. The van der Waals surface area contributed by atoms with Crippen molar-refractivity contribution in [2.24, 2.45) is 7.05 Å². The van der Waals surface area contributed by atoms with Crippen LogP contribution in [0.5, 0.6) is 0 Å². The Labute approximate surface area is 122 Å². The maximum Gasteiger partial charge on any atom is 0.154 e. The molecular formula is C12H20BrN3O2S. The fraction of sp³-hybridized carbons (Fsp3) is 0.750. The minimum Gasteiger partial charge on any atom is -0.310 e. The van der Waals surface area contributed by atoms with Gasteiger partial charge in [-0.1, -0.05) is 6.92 Å². The van der Waals surface area contributed by atoms with Gasteiger partial charge in [-0.2, -0.15) is 5.10 Å². The van der Waals surface area contributed by atoms with E-state index in [4.69, 9.17) is 0 Å². The van der Waals surface area contributed by atoms with Crippen molar-refractivity contribution in [2.45, 2.75) is 38.0 Å². The number of aryl methyl sites for hydroxylation is 2. The molecule has 0 radical (unpaired) electrons. The second kappa shape index (κ2) is 5.93.